The highest BCUT2D eigenvalue weighted by atomic mass is 79.9. The predicted octanol–water partition coefficient (Wildman–Crippen LogP) is 5.15. The van der Waals surface area contributed by atoms with E-state index < -0.39 is 0 Å². The molecule has 0 aliphatic heterocycles. The third-order valence-corrected chi connectivity index (χ3v) is 4.65. The van der Waals surface area contributed by atoms with Crippen LogP contribution in [0.3, 0.4) is 0 Å². The van der Waals surface area contributed by atoms with Gasteiger partial charge in [-0.25, -0.2) is 4.39 Å². The van der Waals surface area contributed by atoms with Crippen LogP contribution in [0.25, 0.3) is 0 Å². The molecule has 0 saturated heterocycles. The van der Waals surface area contributed by atoms with Crippen LogP contribution in [0.5, 0.6) is 0 Å². The zero-order valence-electron chi connectivity index (χ0n) is 10.4. The number of carbonyl (C=O) groups is 1. The van der Waals surface area contributed by atoms with Gasteiger partial charge in [0, 0.05) is 20.8 Å². The summed E-state index contributed by atoms with van der Waals surface area (Å²) in [4.78, 5) is 12.9. The van der Waals surface area contributed by atoms with Gasteiger partial charge in [-0.3, -0.25) is 4.79 Å². The van der Waals surface area contributed by atoms with Gasteiger partial charge >= 0.3 is 0 Å². The second-order valence-corrected chi connectivity index (χ2v) is 6.54. The molecule has 0 aliphatic carbocycles. The van der Waals surface area contributed by atoms with Crippen molar-refractivity contribution in [2.45, 2.75) is 11.3 Å². The van der Waals surface area contributed by atoms with E-state index in [1.807, 2.05) is 18.2 Å². The Bertz CT molecular complexity index is 633. The second kappa shape index (κ2) is 7.25. The van der Waals surface area contributed by atoms with Gasteiger partial charge < -0.3 is 0 Å². The Morgan fingerprint density at radius 1 is 1.25 bits per heavy atom. The van der Waals surface area contributed by atoms with Crippen LogP contribution in [-0.2, 0) is 11.2 Å². The molecule has 0 fully saturated rings. The summed E-state index contributed by atoms with van der Waals surface area (Å²) in [5.74, 6) is 0.0447. The molecule has 0 bridgehead atoms. The van der Waals surface area contributed by atoms with Crippen molar-refractivity contribution in [3.05, 3.63) is 63.3 Å². The summed E-state index contributed by atoms with van der Waals surface area (Å²) in [6.07, 6.45) is 0.214. The molecule has 104 valence electrons. The largest absolute Gasteiger partial charge is 0.298 e. The summed E-state index contributed by atoms with van der Waals surface area (Å²) in [7, 11) is 0. The van der Waals surface area contributed by atoms with E-state index in [9.17, 15) is 9.18 Å². The lowest BCUT2D eigenvalue weighted by Gasteiger charge is -2.05. The fourth-order valence-corrected chi connectivity index (χ4v) is 3.12. The molecule has 0 amide bonds. The van der Waals surface area contributed by atoms with Crippen LogP contribution < -0.4 is 0 Å². The van der Waals surface area contributed by atoms with Gasteiger partial charge in [0.05, 0.1) is 5.75 Å². The third-order valence-electron chi connectivity index (χ3n) is 2.59. The van der Waals surface area contributed by atoms with Crippen molar-refractivity contribution in [1.29, 1.82) is 0 Å². The van der Waals surface area contributed by atoms with E-state index in [-0.39, 0.29) is 18.0 Å². The van der Waals surface area contributed by atoms with E-state index in [2.05, 4.69) is 15.9 Å². The van der Waals surface area contributed by atoms with Crippen molar-refractivity contribution in [2.75, 3.05) is 5.75 Å². The highest BCUT2D eigenvalue weighted by Crippen LogP contribution is 2.23. The van der Waals surface area contributed by atoms with E-state index in [1.165, 1.54) is 23.9 Å². The number of halogens is 3. The monoisotopic (exact) mass is 372 g/mol. The summed E-state index contributed by atoms with van der Waals surface area (Å²) in [6, 6.07) is 11.7. The minimum Gasteiger partial charge on any atom is -0.298 e. The minimum atomic E-state index is -0.335. The first-order valence-electron chi connectivity index (χ1n) is 5.88. The maximum Gasteiger partial charge on any atom is 0.147 e. The fourth-order valence-electron chi connectivity index (χ4n) is 1.66. The van der Waals surface area contributed by atoms with Crippen LogP contribution in [0.1, 0.15) is 5.56 Å². The van der Waals surface area contributed by atoms with E-state index in [4.69, 9.17) is 11.6 Å². The highest BCUT2D eigenvalue weighted by Gasteiger charge is 2.09. The average molecular weight is 374 g/mol. The van der Waals surface area contributed by atoms with E-state index >= 15 is 0 Å². The van der Waals surface area contributed by atoms with Crippen molar-refractivity contribution < 1.29 is 9.18 Å². The van der Waals surface area contributed by atoms with Crippen LogP contribution in [0.2, 0.25) is 5.02 Å². The maximum atomic E-state index is 13.1. The molecule has 0 heterocycles. The van der Waals surface area contributed by atoms with Crippen molar-refractivity contribution in [3.8, 4) is 0 Å². The van der Waals surface area contributed by atoms with E-state index in [0.717, 1.165) is 9.37 Å². The SMILES string of the molecule is O=C(CSc1cccc(Cl)c1)Cc1cc(F)ccc1Br. The lowest BCUT2D eigenvalue weighted by Crippen LogP contribution is -2.06. The number of carbonyl (C=O) groups excluding carboxylic acids is 1. The van der Waals surface area contributed by atoms with Gasteiger partial charge in [0.25, 0.3) is 0 Å². The third kappa shape index (κ3) is 4.62. The lowest BCUT2D eigenvalue weighted by atomic mass is 10.1. The summed E-state index contributed by atoms with van der Waals surface area (Å²) in [6.45, 7) is 0. The quantitative estimate of drug-likeness (QED) is 0.675. The molecule has 2 aromatic rings. The Morgan fingerprint density at radius 3 is 2.80 bits per heavy atom. The average Bonchev–Trinajstić information content (AvgIpc) is 2.41. The van der Waals surface area contributed by atoms with Gasteiger partial charge in [-0.15, -0.1) is 11.8 Å². The molecule has 2 rings (SSSR count). The number of hydrogen-bond donors (Lipinski definition) is 0. The summed E-state index contributed by atoms with van der Waals surface area (Å²) in [5.41, 5.74) is 0.668. The molecule has 0 atom stereocenters. The number of ketones is 1. The van der Waals surface area contributed by atoms with Crippen LogP contribution in [0.15, 0.2) is 51.8 Å². The normalized spacial score (nSPS) is 10.6. The number of thioether (sulfide) groups is 1. The summed E-state index contributed by atoms with van der Waals surface area (Å²) in [5, 5.41) is 0.648. The molecular weight excluding hydrogens is 363 g/mol. The number of Topliss-reactive ketones (excluding diaryl/α,β-unsaturated/α-hetero) is 1. The zero-order chi connectivity index (χ0) is 14.5. The fraction of sp³-hybridized carbons (Fsp3) is 0.133. The molecule has 2 aromatic carbocycles. The highest BCUT2D eigenvalue weighted by molar-refractivity contribution is 9.10. The Morgan fingerprint density at radius 2 is 2.05 bits per heavy atom. The molecule has 0 aliphatic rings. The standard InChI is InChI=1S/C15H11BrClFOS/c16-15-5-4-12(18)6-10(15)7-13(19)9-20-14-3-1-2-11(17)8-14/h1-6,8H,7,9H2. The number of hydrogen-bond acceptors (Lipinski definition) is 2. The first-order valence-corrected chi connectivity index (χ1v) is 8.04. The maximum absolute atomic E-state index is 13.1. The first-order chi connectivity index (χ1) is 9.54. The molecule has 0 N–H and O–H groups in total. The second-order valence-electron chi connectivity index (χ2n) is 4.20. The van der Waals surface area contributed by atoms with E-state index in [0.29, 0.717) is 16.3 Å². The van der Waals surface area contributed by atoms with Gasteiger partial charge in [0.2, 0.25) is 0 Å². The van der Waals surface area contributed by atoms with Gasteiger partial charge in [-0.1, -0.05) is 33.6 Å². The molecule has 0 radical (unpaired) electrons. The Hall–Kier alpha value is -0.840. The predicted molar refractivity (Wildman–Crippen MR) is 85.0 cm³/mol. The topological polar surface area (TPSA) is 17.1 Å². The van der Waals surface area contributed by atoms with Crippen LogP contribution >= 0.6 is 39.3 Å². The van der Waals surface area contributed by atoms with Crippen molar-refractivity contribution in [1.82, 2.24) is 0 Å². The van der Waals surface area contributed by atoms with Crippen LogP contribution in [0.4, 0.5) is 4.39 Å². The smallest absolute Gasteiger partial charge is 0.147 e. The molecular formula is C15H11BrClFOS. The van der Waals surface area contributed by atoms with Crippen molar-refractivity contribution >= 4 is 45.1 Å². The number of benzene rings is 2. The first kappa shape index (κ1) is 15.5. The lowest BCUT2D eigenvalue weighted by molar-refractivity contribution is -0.116. The molecule has 0 saturated carbocycles. The number of rotatable bonds is 5. The van der Waals surface area contributed by atoms with Gasteiger partial charge in [-0.05, 0) is 42.0 Å². The summed E-state index contributed by atoms with van der Waals surface area (Å²) >= 11 is 10.6. The van der Waals surface area contributed by atoms with Gasteiger partial charge in [0.1, 0.15) is 11.6 Å². The molecule has 5 heteroatoms. The molecule has 0 unspecified atom stereocenters. The van der Waals surface area contributed by atoms with Gasteiger partial charge in [0.15, 0.2) is 0 Å². The van der Waals surface area contributed by atoms with E-state index in [1.54, 1.807) is 12.1 Å². The zero-order valence-corrected chi connectivity index (χ0v) is 13.6. The van der Waals surface area contributed by atoms with Crippen molar-refractivity contribution in [3.63, 3.8) is 0 Å². The molecule has 1 nitrogen and oxygen atoms in total. The van der Waals surface area contributed by atoms with Crippen LogP contribution in [-0.4, -0.2) is 11.5 Å². The Balaban J connectivity index is 1.94. The molecule has 20 heavy (non-hydrogen) atoms. The molecule has 0 aromatic heterocycles. The molecule has 0 spiro atoms. The Labute approximate surface area is 134 Å². The Kier molecular flexibility index (Phi) is 5.64. The van der Waals surface area contributed by atoms with Crippen molar-refractivity contribution in [2.24, 2.45) is 0 Å². The minimum absolute atomic E-state index is 0.0428. The van der Waals surface area contributed by atoms with Crippen LogP contribution in [0, 0.1) is 5.82 Å². The summed E-state index contributed by atoms with van der Waals surface area (Å²) < 4.78 is 13.9. The van der Waals surface area contributed by atoms with Gasteiger partial charge in [-0.2, -0.15) is 0 Å².